The van der Waals surface area contributed by atoms with E-state index in [4.69, 9.17) is 0 Å². The zero-order valence-corrected chi connectivity index (χ0v) is 14.5. The molecule has 1 aromatic rings. The molecule has 0 aliphatic carbocycles. The summed E-state index contributed by atoms with van der Waals surface area (Å²) in [6, 6.07) is 7.33. The van der Waals surface area contributed by atoms with Gasteiger partial charge in [-0.05, 0) is 36.5 Å². The van der Waals surface area contributed by atoms with E-state index in [2.05, 4.69) is 65.1 Å². The first-order valence-corrected chi connectivity index (χ1v) is 8.66. The summed E-state index contributed by atoms with van der Waals surface area (Å²) < 4.78 is 1.22. The van der Waals surface area contributed by atoms with Crippen LogP contribution in [0.15, 0.2) is 22.7 Å². The zero-order chi connectivity index (χ0) is 14.5. The van der Waals surface area contributed by atoms with Crippen molar-refractivity contribution in [1.82, 2.24) is 5.32 Å². The first-order valence-electron chi connectivity index (χ1n) is 7.87. The minimum absolute atomic E-state index is 0.523. The SMILES string of the molecule is CCCC1CCN(c2ccc(CNC(C)C)c(Br)c2)C1. The maximum atomic E-state index is 3.72. The maximum Gasteiger partial charge on any atom is 0.0377 e. The highest BCUT2D eigenvalue weighted by molar-refractivity contribution is 9.10. The molecule has 0 saturated carbocycles. The molecule has 0 bridgehead atoms. The molecular formula is C17H27BrN2. The molecule has 1 atom stereocenters. The second-order valence-electron chi connectivity index (χ2n) is 6.20. The van der Waals surface area contributed by atoms with Gasteiger partial charge in [0, 0.05) is 35.8 Å². The molecule has 3 heteroatoms. The van der Waals surface area contributed by atoms with Crippen LogP contribution in [-0.4, -0.2) is 19.1 Å². The second-order valence-corrected chi connectivity index (χ2v) is 7.06. The Morgan fingerprint density at radius 3 is 2.85 bits per heavy atom. The van der Waals surface area contributed by atoms with E-state index in [1.165, 1.54) is 48.1 Å². The van der Waals surface area contributed by atoms with Crippen LogP contribution in [0, 0.1) is 5.92 Å². The Balaban J connectivity index is 1.98. The molecule has 1 unspecified atom stereocenters. The van der Waals surface area contributed by atoms with Crippen LogP contribution in [-0.2, 0) is 6.54 Å². The summed E-state index contributed by atoms with van der Waals surface area (Å²) in [5, 5.41) is 3.47. The Hall–Kier alpha value is -0.540. The van der Waals surface area contributed by atoms with Crippen molar-refractivity contribution in [3.63, 3.8) is 0 Å². The van der Waals surface area contributed by atoms with E-state index in [0.717, 1.165) is 12.5 Å². The third kappa shape index (κ3) is 4.23. The van der Waals surface area contributed by atoms with Crippen molar-refractivity contribution in [2.24, 2.45) is 5.92 Å². The van der Waals surface area contributed by atoms with Crippen molar-refractivity contribution in [1.29, 1.82) is 0 Å². The van der Waals surface area contributed by atoms with E-state index in [1.54, 1.807) is 0 Å². The smallest absolute Gasteiger partial charge is 0.0377 e. The van der Waals surface area contributed by atoms with Gasteiger partial charge in [0.25, 0.3) is 0 Å². The molecule has 0 spiro atoms. The van der Waals surface area contributed by atoms with Crippen molar-refractivity contribution in [3.05, 3.63) is 28.2 Å². The van der Waals surface area contributed by atoms with Crippen LogP contribution in [0.4, 0.5) is 5.69 Å². The molecule has 1 N–H and O–H groups in total. The average Bonchev–Trinajstić information content (AvgIpc) is 2.86. The molecule has 1 aromatic carbocycles. The number of hydrogen-bond acceptors (Lipinski definition) is 2. The standard InChI is InChI=1S/C17H27BrN2/c1-4-5-14-8-9-20(12-14)16-7-6-15(17(18)10-16)11-19-13(2)3/h6-7,10,13-14,19H,4-5,8-9,11-12H2,1-3H3. The summed E-state index contributed by atoms with van der Waals surface area (Å²) in [5.74, 6) is 0.890. The molecule has 0 aromatic heterocycles. The first kappa shape index (κ1) is 15.8. The van der Waals surface area contributed by atoms with E-state index in [0.29, 0.717) is 6.04 Å². The molecule has 2 nitrogen and oxygen atoms in total. The van der Waals surface area contributed by atoms with E-state index < -0.39 is 0 Å². The second kappa shape index (κ2) is 7.46. The summed E-state index contributed by atoms with van der Waals surface area (Å²) >= 11 is 3.72. The third-order valence-electron chi connectivity index (χ3n) is 4.09. The summed E-state index contributed by atoms with van der Waals surface area (Å²) in [5.41, 5.74) is 2.70. The van der Waals surface area contributed by atoms with Crippen molar-refractivity contribution in [2.75, 3.05) is 18.0 Å². The molecule has 0 amide bonds. The number of halogens is 1. The van der Waals surface area contributed by atoms with Gasteiger partial charge in [-0.15, -0.1) is 0 Å². The molecule has 1 aliphatic rings. The van der Waals surface area contributed by atoms with Crippen LogP contribution < -0.4 is 10.2 Å². The van der Waals surface area contributed by atoms with Gasteiger partial charge in [0.05, 0.1) is 0 Å². The molecule has 1 heterocycles. The van der Waals surface area contributed by atoms with Crippen LogP contribution >= 0.6 is 15.9 Å². The molecule has 20 heavy (non-hydrogen) atoms. The molecule has 1 aliphatic heterocycles. The Labute approximate surface area is 132 Å². The molecular weight excluding hydrogens is 312 g/mol. The van der Waals surface area contributed by atoms with Crippen LogP contribution in [0.5, 0.6) is 0 Å². The lowest BCUT2D eigenvalue weighted by Crippen LogP contribution is -2.22. The van der Waals surface area contributed by atoms with Gasteiger partial charge in [-0.3, -0.25) is 0 Å². The van der Waals surface area contributed by atoms with Gasteiger partial charge in [-0.25, -0.2) is 0 Å². The lowest BCUT2D eigenvalue weighted by molar-refractivity contribution is 0.530. The Morgan fingerprint density at radius 1 is 1.40 bits per heavy atom. The minimum Gasteiger partial charge on any atom is -0.371 e. The normalized spacial score (nSPS) is 19.1. The fourth-order valence-corrected chi connectivity index (χ4v) is 3.41. The highest BCUT2D eigenvalue weighted by Gasteiger charge is 2.22. The lowest BCUT2D eigenvalue weighted by Gasteiger charge is -2.20. The number of nitrogens with zero attached hydrogens (tertiary/aromatic N) is 1. The lowest BCUT2D eigenvalue weighted by atomic mass is 10.0. The minimum atomic E-state index is 0.523. The average molecular weight is 339 g/mol. The predicted octanol–water partition coefficient (Wildman–Crippen LogP) is 4.57. The quantitative estimate of drug-likeness (QED) is 0.816. The summed E-state index contributed by atoms with van der Waals surface area (Å²) in [6.07, 6.45) is 4.03. The van der Waals surface area contributed by atoms with Gasteiger partial charge in [-0.2, -0.15) is 0 Å². The fraction of sp³-hybridized carbons (Fsp3) is 0.647. The van der Waals surface area contributed by atoms with Crippen molar-refractivity contribution in [3.8, 4) is 0 Å². The molecule has 112 valence electrons. The van der Waals surface area contributed by atoms with Crippen molar-refractivity contribution >= 4 is 21.6 Å². The molecule has 1 fully saturated rings. The Morgan fingerprint density at radius 2 is 2.20 bits per heavy atom. The predicted molar refractivity (Wildman–Crippen MR) is 91.3 cm³/mol. The van der Waals surface area contributed by atoms with Gasteiger partial charge in [0.2, 0.25) is 0 Å². The Bertz CT molecular complexity index is 431. The van der Waals surface area contributed by atoms with E-state index in [9.17, 15) is 0 Å². The number of nitrogens with one attached hydrogen (secondary N) is 1. The largest absolute Gasteiger partial charge is 0.371 e. The van der Waals surface area contributed by atoms with Gasteiger partial charge in [0.1, 0.15) is 0 Å². The third-order valence-corrected chi connectivity index (χ3v) is 4.82. The van der Waals surface area contributed by atoms with E-state index in [-0.39, 0.29) is 0 Å². The van der Waals surface area contributed by atoms with E-state index in [1.807, 2.05) is 0 Å². The summed E-state index contributed by atoms with van der Waals surface area (Å²) in [4.78, 5) is 2.53. The highest BCUT2D eigenvalue weighted by Crippen LogP contribution is 2.29. The van der Waals surface area contributed by atoms with Crippen LogP contribution in [0.3, 0.4) is 0 Å². The van der Waals surface area contributed by atoms with Gasteiger partial charge in [-0.1, -0.05) is 49.2 Å². The zero-order valence-electron chi connectivity index (χ0n) is 13.0. The number of hydrogen-bond donors (Lipinski definition) is 1. The summed E-state index contributed by atoms with van der Waals surface area (Å²) in [7, 11) is 0. The van der Waals surface area contributed by atoms with Gasteiger partial charge >= 0.3 is 0 Å². The highest BCUT2D eigenvalue weighted by atomic mass is 79.9. The Kier molecular flexibility index (Phi) is 5.91. The first-order chi connectivity index (χ1) is 9.60. The monoisotopic (exact) mass is 338 g/mol. The van der Waals surface area contributed by atoms with Gasteiger partial charge < -0.3 is 10.2 Å². The van der Waals surface area contributed by atoms with Crippen molar-refractivity contribution in [2.45, 2.75) is 52.6 Å². The number of rotatable bonds is 6. The molecule has 1 saturated heterocycles. The number of benzene rings is 1. The van der Waals surface area contributed by atoms with E-state index >= 15 is 0 Å². The van der Waals surface area contributed by atoms with Gasteiger partial charge in [0.15, 0.2) is 0 Å². The molecule has 2 rings (SSSR count). The maximum absolute atomic E-state index is 3.72. The van der Waals surface area contributed by atoms with Crippen molar-refractivity contribution < 1.29 is 0 Å². The number of anilines is 1. The van der Waals surface area contributed by atoms with Crippen LogP contribution in [0.25, 0.3) is 0 Å². The van der Waals surface area contributed by atoms with Crippen LogP contribution in [0.1, 0.15) is 45.6 Å². The fourth-order valence-electron chi connectivity index (χ4n) is 2.90. The summed E-state index contributed by atoms with van der Waals surface area (Å²) in [6.45, 7) is 10.0. The molecule has 0 radical (unpaired) electrons. The topological polar surface area (TPSA) is 15.3 Å². The van der Waals surface area contributed by atoms with Crippen LogP contribution in [0.2, 0.25) is 0 Å².